The molecular weight excluding hydrogens is 288 g/mol. The molecule has 0 saturated carbocycles. The van der Waals surface area contributed by atoms with E-state index in [0.717, 1.165) is 6.07 Å². The van der Waals surface area contributed by atoms with Crippen LogP contribution in [0.15, 0.2) is 42.5 Å². The zero-order valence-electron chi connectivity index (χ0n) is 11.5. The van der Waals surface area contributed by atoms with Gasteiger partial charge in [-0.25, -0.2) is 4.79 Å². The van der Waals surface area contributed by atoms with Gasteiger partial charge in [-0.15, -0.1) is 0 Å². The molecule has 0 unspecified atom stereocenters. The molecular formula is C15H10N2O5. The van der Waals surface area contributed by atoms with Crippen molar-refractivity contribution in [3.05, 3.63) is 63.7 Å². The molecule has 110 valence electrons. The normalized spacial score (nSPS) is 9.64. The van der Waals surface area contributed by atoms with Crippen LogP contribution in [0, 0.1) is 21.4 Å². The summed E-state index contributed by atoms with van der Waals surface area (Å²) in [7, 11) is 1.28. The summed E-state index contributed by atoms with van der Waals surface area (Å²) in [6.07, 6.45) is 0. The number of methoxy groups -OCH3 is 1. The largest absolute Gasteiger partial charge is 0.465 e. The SMILES string of the molecule is COC(=O)c1ccc(Oc2ccc([N+](=O)[O-])cc2C#N)cc1. The average molecular weight is 298 g/mol. The molecule has 2 rings (SSSR count). The van der Waals surface area contributed by atoms with Crippen molar-refractivity contribution >= 4 is 11.7 Å². The van der Waals surface area contributed by atoms with Crippen LogP contribution in [0.3, 0.4) is 0 Å². The van der Waals surface area contributed by atoms with E-state index in [9.17, 15) is 14.9 Å². The quantitative estimate of drug-likeness (QED) is 0.488. The van der Waals surface area contributed by atoms with Crippen molar-refractivity contribution in [2.24, 2.45) is 0 Å². The number of carbonyl (C=O) groups is 1. The lowest BCUT2D eigenvalue weighted by molar-refractivity contribution is -0.384. The highest BCUT2D eigenvalue weighted by molar-refractivity contribution is 5.89. The van der Waals surface area contributed by atoms with Gasteiger partial charge in [-0.3, -0.25) is 10.1 Å². The molecule has 0 aromatic heterocycles. The molecule has 7 heteroatoms. The first-order valence-electron chi connectivity index (χ1n) is 6.10. The number of hydrogen-bond acceptors (Lipinski definition) is 6. The Labute approximate surface area is 125 Å². The molecule has 0 radical (unpaired) electrons. The number of non-ortho nitro benzene ring substituents is 1. The van der Waals surface area contributed by atoms with E-state index in [1.165, 1.54) is 43.5 Å². The van der Waals surface area contributed by atoms with Gasteiger partial charge in [-0.2, -0.15) is 5.26 Å². The fourth-order valence-electron chi connectivity index (χ4n) is 1.71. The first-order valence-corrected chi connectivity index (χ1v) is 6.10. The number of nitrogens with zero attached hydrogens (tertiary/aromatic N) is 2. The van der Waals surface area contributed by atoms with Crippen molar-refractivity contribution in [3.8, 4) is 17.6 Å². The monoisotopic (exact) mass is 298 g/mol. The van der Waals surface area contributed by atoms with E-state index in [-0.39, 0.29) is 17.0 Å². The summed E-state index contributed by atoms with van der Waals surface area (Å²) in [6.45, 7) is 0. The van der Waals surface area contributed by atoms with E-state index < -0.39 is 10.9 Å². The molecule has 2 aromatic carbocycles. The van der Waals surface area contributed by atoms with Gasteiger partial charge in [0.1, 0.15) is 23.1 Å². The Kier molecular flexibility index (Phi) is 4.34. The summed E-state index contributed by atoms with van der Waals surface area (Å²) in [5.74, 6) is 0.108. The molecule has 0 heterocycles. The van der Waals surface area contributed by atoms with Crippen LogP contribution in [0.1, 0.15) is 15.9 Å². The summed E-state index contributed by atoms with van der Waals surface area (Å²) in [5.41, 5.74) is 0.218. The van der Waals surface area contributed by atoms with E-state index in [0.29, 0.717) is 11.3 Å². The fraction of sp³-hybridized carbons (Fsp3) is 0.0667. The van der Waals surface area contributed by atoms with Crippen LogP contribution in [0.2, 0.25) is 0 Å². The Hall–Kier alpha value is -3.40. The zero-order valence-corrected chi connectivity index (χ0v) is 11.5. The first-order chi connectivity index (χ1) is 10.5. The summed E-state index contributed by atoms with van der Waals surface area (Å²) in [5, 5.41) is 19.7. The van der Waals surface area contributed by atoms with Crippen LogP contribution in [0.25, 0.3) is 0 Å². The van der Waals surface area contributed by atoms with Crippen LogP contribution < -0.4 is 4.74 Å². The molecule has 0 aliphatic heterocycles. The third-order valence-electron chi connectivity index (χ3n) is 2.80. The molecule has 0 spiro atoms. The Bertz CT molecular complexity index is 762. The molecule has 0 aliphatic carbocycles. The van der Waals surface area contributed by atoms with Gasteiger partial charge < -0.3 is 9.47 Å². The highest BCUT2D eigenvalue weighted by Crippen LogP contribution is 2.28. The second-order valence-electron chi connectivity index (χ2n) is 4.17. The van der Waals surface area contributed by atoms with Crippen molar-refractivity contribution in [2.45, 2.75) is 0 Å². The predicted molar refractivity (Wildman–Crippen MR) is 75.7 cm³/mol. The standard InChI is InChI=1S/C15H10N2O5/c1-21-15(18)10-2-5-13(6-3-10)22-14-7-4-12(17(19)20)8-11(14)9-16/h2-8H,1H3. The molecule has 2 aromatic rings. The molecule has 0 saturated heterocycles. The summed E-state index contributed by atoms with van der Waals surface area (Å²) in [4.78, 5) is 21.4. The van der Waals surface area contributed by atoms with E-state index in [4.69, 9.17) is 10.00 Å². The summed E-state index contributed by atoms with van der Waals surface area (Å²) >= 11 is 0. The van der Waals surface area contributed by atoms with Gasteiger partial charge >= 0.3 is 5.97 Å². The zero-order chi connectivity index (χ0) is 16.1. The van der Waals surface area contributed by atoms with Gasteiger partial charge in [-0.05, 0) is 30.3 Å². The van der Waals surface area contributed by atoms with Crippen LogP contribution in [-0.4, -0.2) is 18.0 Å². The lowest BCUT2D eigenvalue weighted by atomic mass is 10.2. The Balaban J connectivity index is 2.25. The van der Waals surface area contributed by atoms with E-state index >= 15 is 0 Å². The first kappa shape index (κ1) is 15.0. The van der Waals surface area contributed by atoms with Crippen LogP contribution in [-0.2, 0) is 4.74 Å². The molecule has 0 aliphatic rings. The minimum Gasteiger partial charge on any atom is -0.465 e. The third kappa shape index (κ3) is 3.19. The Morgan fingerprint density at radius 2 is 1.91 bits per heavy atom. The van der Waals surface area contributed by atoms with Crippen molar-refractivity contribution < 1.29 is 19.2 Å². The second-order valence-corrected chi connectivity index (χ2v) is 4.17. The van der Waals surface area contributed by atoms with Crippen LogP contribution in [0.5, 0.6) is 11.5 Å². The van der Waals surface area contributed by atoms with Crippen molar-refractivity contribution in [1.29, 1.82) is 5.26 Å². The number of esters is 1. The molecule has 0 atom stereocenters. The molecule has 0 fully saturated rings. The Morgan fingerprint density at radius 3 is 2.45 bits per heavy atom. The van der Waals surface area contributed by atoms with Crippen LogP contribution in [0.4, 0.5) is 5.69 Å². The maximum atomic E-state index is 11.3. The fourth-order valence-corrected chi connectivity index (χ4v) is 1.71. The number of nitro benzene ring substituents is 1. The van der Waals surface area contributed by atoms with Crippen molar-refractivity contribution in [1.82, 2.24) is 0 Å². The minimum atomic E-state index is -0.588. The lowest BCUT2D eigenvalue weighted by Gasteiger charge is -2.07. The van der Waals surface area contributed by atoms with Gasteiger partial charge in [0, 0.05) is 12.1 Å². The predicted octanol–water partition coefficient (Wildman–Crippen LogP) is 3.05. The van der Waals surface area contributed by atoms with E-state index in [2.05, 4.69) is 4.74 Å². The number of hydrogen-bond donors (Lipinski definition) is 0. The maximum Gasteiger partial charge on any atom is 0.337 e. The van der Waals surface area contributed by atoms with Gasteiger partial charge in [0.15, 0.2) is 0 Å². The van der Waals surface area contributed by atoms with Crippen LogP contribution >= 0.6 is 0 Å². The molecule has 22 heavy (non-hydrogen) atoms. The molecule has 0 amide bonds. The molecule has 0 bridgehead atoms. The van der Waals surface area contributed by atoms with Gasteiger partial charge in [0.05, 0.1) is 17.6 Å². The molecule has 7 nitrogen and oxygen atoms in total. The Morgan fingerprint density at radius 1 is 1.23 bits per heavy atom. The summed E-state index contributed by atoms with van der Waals surface area (Å²) < 4.78 is 10.1. The minimum absolute atomic E-state index is 0.0474. The lowest BCUT2D eigenvalue weighted by Crippen LogP contribution is -2.00. The molecule has 0 N–H and O–H groups in total. The average Bonchev–Trinajstić information content (AvgIpc) is 2.55. The van der Waals surface area contributed by atoms with E-state index in [1.807, 2.05) is 6.07 Å². The smallest absolute Gasteiger partial charge is 0.337 e. The second kappa shape index (κ2) is 6.37. The number of nitriles is 1. The van der Waals surface area contributed by atoms with Gasteiger partial charge in [0.25, 0.3) is 5.69 Å². The van der Waals surface area contributed by atoms with E-state index in [1.54, 1.807) is 0 Å². The third-order valence-corrected chi connectivity index (χ3v) is 2.80. The summed E-state index contributed by atoms with van der Waals surface area (Å²) in [6, 6.07) is 11.7. The van der Waals surface area contributed by atoms with Crippen molar-refractivity contribution in [3.63, 3.8) is 0 Å². The maximum absolute atomic E-state index is 11.3. The number of nitro groups is 1. The van der Waals surface area contributed by atoms with Gasteiger partial charge in [-0.1, -0.05) is 0 Å². The number of rotatable bonds is 4. The highest BCUT2D eigenvalue weighted by atomic mass is 16.6. The van der Waals surface area contributed by atoms with Gasteiger partial charge in [0.2, 0.25) is 0 Å². The van der Waals surface area contributed by atoms with Crippen molar-refractivity contribution in [2.75, 3.05) is 7.11 Å². The number of benzene rings is 2. The number of carbonyl (C=O) groups excluding carboxylic acids is 1. The topological polar surface area (TPSA) is 102 Å². The number of ether oxygens (including phenoxy) is 2. The highest BCUT2D eigenvalue weighted by Gasteiger charge is 2.12.